The van der Waals surface area contributed by atoms with Crippen molar-refractivity contribution in [3.8, 4) is 5.69 Å². The van der Waals surface area contributed by atoms with Crippen molar-refractivity contribution in [1.82, 2.24) is 20.2 Å². The van der Waals surface area contributed by atoms with Gasteiger partial charge >= 0.3 is 0 Å². The maximum Gasteiger partial charge on any atom is 0.265 e. The summed E-state index contributed by atoms with van der Waals surface area (Å²) < 4.78 is 26.8. The molecule has 1 atom stereocenters. The van der Waals surface area contributed by atoms with E-state index < -0.39 is 16.2 Å². The van der Waals surface area contributed by atoms with Gasteiger partial charge in [0.2, 0.25) is 5.82 Å². The van der Waals surface area contributed by atoms with Crippen molar-refractivity contribution in [2.45, 2.75) is 13.0 Å². The zero-order chi connectivity index (χ0) is 14.0. The fraction of sp³-hybridized carbons (Fsp3) is 0.300. The molecule has 0 saturated heterocycles. The second-order valence-corrected chi connectivity index (χ2v) is 5.90. The monoisotopic (exact) mass is 302 g/mol. The molecule has 0 fully saturated rings. The van der Waals surface area contributed by atoms with Crippen LogP contribution in [0.1, 0.15) is 18.9 Å². The van der Waals surface area contributed by atoms with Gasteiger partial charge < -0.3 is 0 Å². The molecule has 2 rings (SSSR count). The van der Waals surface area contributed by atoms with Gasteiger partial charge in [0.15, 0.2) is 0 Å². The molecule has 1 aromatic carbocycles. The number of nitrogens with zero attached hydrogens (tertiary/aromatic N) is 4. The Morgan fingerprint density at radius 1 is 1.42 bits per heavy atom. The van der Waals surface area contributed by atoms with Crippen molar-refractivity contribution in [3.05, 3.63) is 35.1 Å². The number of halogens is 1. The second-order valence-electron chi connectivity index (χ2n) is 3.86. The summed E-state index contributed by atoms with van der Waals surface area (Å²) in [7, 11) is -3.57. The molecule has 0 spiro atoms. The predicted molar refractivity (Wildman–Crippen MR) is 68.5 cm³/mol. The third-order valence-electron chi connectivity index (χ3n) is 2.15. The molecule has 102 valence electrons. The highest BCUT2D eigenvalue weighted by molar-refractivity contribution is 7.86. The lowest BCUT2D eigenvalue weighted by Gasteiger charge is -2.05. The summed E-state index contributed by atoms with van der Waals surface area (Å²) in [5.74, 6) is 0.172. The van der Waals surface area contributed by atoms with Crippen LogP contribution >= 0.6 is 11.6 Å². The molecule has 0 aliphatic heterocycles. The van der Waals surface area contributed by atoms with E-state index in [9.17, 15) is 8.42 Å². The number of benzene rings is 1. The fourth-order valence-electron chi connectivity index (χ4n) is 1.40. The molecule has 0 saturated carbocycles. The molecular weight excluding hydrogens is 292 g/mol. The van der Waals surface area contributed by atoms with Gasteiger partial charge in [-0.3, -0.25) is 4.18 Å². The highest BCUT2D eigenvalue weighted by Gasteiger charge is 2.18. The molecule has 19 heavy (non-hydrogen) atoms. The van der Waals surface area contributed by atoms with Crippen molar-refractivity contribution >= 4 is 21.7 Å². The topological polar surface area (TPSA) is 87.0 Å². The Balaban J connectivity index is 2.24. The van der Waals surface area contributed by atoms with Crippen LogP contribution < -0.4 is 0 Å². The van der Waals surface area contributed by atoms with Crippen molar-refractivity contribution in [2.24, 2.45) is 0 Å². The SMILES string of the molecule is C[C@H](OS(C)(=O)=O)c1nnn(-c2cccc(Cl)c2)n1. The third kappa shape index (κ3) is 3.72. The molecule has 0 amide bonds. The lowest BCUT2D eigenvalue weighted by molar-refractivity contribution is 0.226. The summed E-state index contributed by atoms with van der Waals surface area (Å²) in [4.78, 5) is 1.25. The van der Waals surface area contributed by atoms with Crippen LogP contribution in [0.5, 0.6) is 0 Å². The second kappa shape index (κ2) is 5.24. The van der Waals surface area contributed by atoms with E-state index in [1.807, 2.05) is 0 Å². The van der Waals surface area contributed by atoms with Crippen molar-refractivity contribution in [1.29, 1.82) is 0 Å². The van der Waals surface area contributed by atoms with Gasteiger partial charge in [0, 0.05) is 5.02 Å². The van der Waals surface area contributed by atoms with Gasteiger partial charge in [-0.25, -0.2) is 0 Å². The minimum atomic E-state index is -3.57. The van der Waals surface area contributed by atoms with Crippen molar-refractivity contribution in [3.63, 3.8) is 0 Å². The molecule has 7 nitrogen and oxygen atoms in total. The molecule has 0 radical (unpaired) electrons. The molecule has 0 aliphatic carbocycles. The molecule has 9 heteroatoms. The van der Waals surface area contributed by atoms with E-state index in [0.29, 0.717) is 10.7 Å². The van der Waals surface area contributed by atoms with Gasteiger partial charge in [0.05, 0.1) is 11.9 Å². The van der Waals surface area contributed by atoms with E-state index in [-0.39, 0.29) is 5.82 Å². The summed E-state index contributed by atoms with van der Waals surface area (Å²) >= 11 is 5.86. The minimum absolute atomic E-state index is 0.172. The first-order valence-electron chi connectivity index (χ1n) is 5.29. The smallest absolute Gasteiger partial charge is 0.259 e. The normalized spacial score (nSPS) is 13.4. The predicted octanol–water partition coefficient (Wildman–Crippen LogP) is 1.35. The molecule has 0 N–H and O–H groups in total. The Bertz CT molecular complexity index is 686. The Morgan fingerprint density at radius 2 is 2.16 bits per heavy atom. The van der Waals surface area contributed by atoms with Crippen LogP contribution in [-0.4, -0.2) is 34.9 Å². The number of hydrogen-bond donors (Lipinski definition) is 0. The van der Waals surface area contributed by atoms with E-state index in [0.717, 1.165) is 6.26 Å². The summed E-state index contributed by atoms with van der Waals surface area (Å²) in [6.45, 7) is 1.53. The van der Waals surface area contributed by atoms with Gasteiger partial charge in [-0.2, -0.15) is 8.42 Å². The van der Waals surface area contributed by atoms with Crippen LogP contribution in [-0.2, 0) is 14.3 Å². The quantitative estimate of drug-likeness (QED) is 0.792. The van der Waals surface area contributed by atoms with E-state index in [2.05, 4.69) is 15.4 Å². The highest BCUT2D eigenvalue weighted by atomic mass is 35.5. The molecule has 0 unspecified atom stereocenters. The Morgan fingerprint density at radius 3 is 2.79 bits per heavy atom. The van der Waals surface area contributed by atoms with E-state index in [4.69, 9.17) is 15.8 Å². The maximum absolute atomic E-state index is 11.0. The minimum Gasteiger partial charge on any atom is -0.259 e. The van der Waals surface area contributed by atoms with Gasteiger partial charge in [-0.15, -0.1) is 15.0 Å². The lowest BCUT2D eigenvalue weighted by Crippen LogP contribution is -2.09. The first-order chi connectivity index (χ1) is 8.85. The highest BCUT2D eigenvalue weighted by Crippen LogP contribution is 2.16. The lowest BCUT2D eigenvalue weighted by atomic mass is 10.3. The average Bonchev–Trinajstić information content (AvgIpc) is 2.75. The first-order valence-corrected chi connectivity index (χ1v) is 7.49. The summed E-state index contributed by atoms with van der Waals surface area (Å²) in [6.07, 6.45) is 0.160. The first kappa shape index (κ1) is 13.9. The number of aromatic nitrogens is 4. The number of tetrazole rings is 1. The molecule has 0 bridgehead atoms. The van der Waals surface area contributed by atoms with Gasteiger partial charge in [0.1, 0.15) is 6.10 Å². The zero-order valence-corrected chi connectivity index (χ0v) is 11.8. The fourth-order valence-corrected chi connectivity index (χ4v) is 2.20. The van der Waals surface area contributed by atoms with Gasteiger partial charge in [-0.05, 0) is 30.3 Å². The van der Waals surface area contributed by atoms with E-state index in [1.54, 1.807) is 24.3 Å². The largest absolute Gasteiger partial charge is 0.265 e. The summed E-state index contributed by atoms with van der Waals surface area (Å²) in [5, 5.41) is 12.2. The molecule has 1 heterocycles. The van der Waals surface area contributed by atoms with E-state index >= 15 is 0 Å². The average molecular weight is 303 g/mol. The number of hydrogen-bond acceptors (Lipinski definition) is 6. The van der Waals surface area contributed by atoms with Crippen LogP contribution in [0.2, 0.25) is 5.02 Å². The van der Waals surface area contributed by atoms with Crippen LogP contribution in [0.15, 0.2) is 24.3 Å². The van der Waals surface area contributed by atoms with Crippen molar-refractivity contribution < 1.29 is 12.6 Å². The van der Waals surface area contributed by atoms with Gasteiger partial charge in [0.25, 0.3) is 10.1 Å². The molecule has 0 aliphatic rings. The van der Waals surface area contributed by atoms with Crippen LogP contribution in [0, 0.1) is 0 Å². The van der Waals surface area contributed by atoms with Gasteiger partial charge in [-0.1, -0.05) is 17.7 Å². The molecule has 2 aromatic rings. The number of rotatable bonds is 4. The Kier molecular flexibility index (Phi) is 3.83. The standard InChI is InChI=1S/C10H11ClN4O3S/c1-7(18-19(2,16)17)10-12-14-15(13-10)9-5-3-4-8(11)6-9/h3-7H,1-2H3/t7-/m0/s1. The van der Waals surface area contributed by atoms with Crippen LogP contribution in [0.4, 0.5) is 0 Å². The summed E-state index contributed by atoms with van der Waals surface area (Å²) in [5.41, 5.74) is 0.623. The van der Waals surface area contributed by atoms with E-state index in [1.165, 1.54) is 11.7 Å². The van der Waals surface area contributed by atoms with Crippen LogP contribution in [0.25, 0.3) is 5.69 Å². The molecular formula is C10H11ClN4O3S. The Labute approximate surface area is 115 Å². The van der Waals surface area contributed by atoms with Crippen LogP contribution in [0.3, 0.4) is 0 Å². The third-order valence-corrected chi connectivity index (χ3v) is 3.02. The maximum atomic E-state index is 11.0. The zero-order valence-electron chi connectivity index (χ0n) is 10.2. The summed E-state index contributed by atoms with van der Waals surface area (Å²) in [6, 6.07) is 6.88. The van der Waals surface area contributed by atoms with Crippen molar-refractivity contribution in [2.75, 3.05) is 6.26 Å². The molecule has 1 aromatic heterocycles. The Hall–Kier alpha value is -1.51.